The predicted octanol–water partition coefficient (Wildman–Crippen LogP) is 2.84. The number of non-ortho nitro benzene ring substituents is 1. The monoisotopic (exact) mass is 479 g/mol. The van der Waals surface area contributed by atoms with Gasteiger partial charge in [-0.15, -0.1) is 0 Å². The normalized spacial score (nSPS) is 16.3. The average molecular weight is 480 g/mol. The van der Waals surface area contributed by atoms with Crippen molar-refractivity contribution in [3.8, 4) is 11.3 Å². The molecule has 1 fully saturated rings. The minimum absolute atomic E-state index is 0.0243. The quantitative estimate of drug-likeness (QED) is 0.454. The lowest BCUT2D eigenvalue weighted by Crippen LogP contribution is -2.47. The van der Waals surface area contributed by atoms with Gasteiger partial charge in [-0.2, -0.15) is 4.31 Å². The van der Waals surface area contributed by atoms with Crippen molar-refractivity contribution in [3.63, 3.8) is 0 Å². The van der Waals surface area contributed by atoms with Crippen molar-refractivity contribution in [2.24, 2.45) is 0 Å². The van der Waals surface area contributed by atoms with Gasteiger partial charge in [0, 0.05) is 71.6 Å². The van der Waals surface area contributed by atoms with Crippen molar-refractivity contribution in [1.29, 1.82) is 0 Å². The number of aromatic amines is 1. The van der Waals surface area contributed by atoms with Gasteiger partial charge in [-0.25, -0.2) is 8.42 Å². The maximum absolute atomic E-state index is 12.9. The molecule has 1 N–H and O–H groups in total. The number of hydrogen-bond donors (Lipinski definition) is 1. The van der Waals surface area contributed by atoms with Gasteiger partial charge in [-0.3, -0.25) is 15.1 Å². The molecule has 0 bridgehead atoms. The lowest BCUT2D eigenvalue weighted by molar-refractivity contribution is -0.384. The van der Waals surface area contributed by atoms with Crippen molar-refractivity contribution in [2.75, 3.05) is 33.2 Å². The van der Waals surface area contributed by atoms with E-state index in [9.17, 15) is 18.5 Å². The Bertz CT molecular complexity index is 1200. The Morgan fingerprint density at radius 3 is 2.59 bits per heavy atom. The van der Waals surface area contributed by atoms with Gasteiger partial charge in [0.15, 0.2) is 0 Å². The van der Waals surface area contributed by atoms with Crippen LogP contribution in [0.2, 0.25) is 0 Å². The summed E-state index contributed by atoms with van der Waals surface area (Å²) in [5.41, 5.74) is 1.87. The van der Waals surface area contributed by atoms with Crippen LogP contribution in [0.4, 0.5) is 5.69 Å². The number of benzene rings is 1. The minimum Gasteiger partial charge on any atom is -0.360 e. The van der Waals surface area contributed by atoms with E-state index in [0.29, 0.717) is 47.3 Å². The number of nitrogens with zero attached hydrogens (tertiary/aromatic N) is 4. The zero-order valence-corrected chi connectivity index (χ0v) is 17.9. The molecule has 0 spiro atoms. The summed E-state index contributed by atoms with van der Waals surface area (Å²) in [6.07, 6.45) is 3.04. The number of likely N-dealkylation sites (N-methyl/N-ethyl adjacent to an activating group) is 1. The summed E-state index contributed by atoms with van der Waals surface area (Å²) >= 11 is 3.43. The number of halogens is 1. The fourth-order valence-electron chi connectivity index (χ4n) is 3.36. The first-order valence-electron chi connectivity index (χ1n) is 8.87. The molecule has 1 aliphatic heterocycles. The molecular formula is C18H18BrN5O4S. The van der Waals surface area contributed by atoms with Gasteiger partial charge in [0.1, 0.15) is 4.90 Å². The highest BCUT2D eigenvalue weighted by Crippen LogP contribution is 2.35. The molecular weight excluding hydrogens is 462 g/mol. The molecule has 3 heterocycles. The minimum atomic E-state index is -3.64. The van der Waals surface area contributed by atoms with Crippen LogP contribution in [-0.4, -0.2) is 65.7 Å². The van der Waals surface area contributed by atoms with Crippen LogP contribution in [0.3, 0.4) is 0 Å². The zero-order valence-electron chi connectivity index (χ0n) is 15.5. The third-order valence-corrected chi connectivity index (χ3v) is 7.52. The predicted molar refractivity (Wildman–Crippen MR) is 112 cm³/mol. The Morgan fingerprint density at radius 1 is 1.21 bits per heavy atom. The molecule has 3 aromatic rings. The first-order valence-corrected chi connectivity index (χ1v) is 11.1. The number of nitro groups is 1. The molecule has 0 radical (unpaired) electrons. The number of nitro benzene ring substituents is 1. The van der Waals surface area contributed by atoms with Crippen LogP contribution in [0.25, 0.3) is 22.2 Å². The lowest BCUT2D eigenvalue weighted by Gasteiger charge is -2.31. The Kier molecular flexibility index (Phi) is 5.15. The second kappa shape index (κ2) is 7.48. The third-order valence-electron chi connectivity index (χ3n) is 5.05. The summed E-state index contributed by atoms with van der Waals surface area (Å²) in [5, 5.41) is 11.7. The third kappa shape index (κ3) is 3.66. The number of pyridine rings is 1. The molecule has 1 aromatic carbocycles. The van der Waals surface area contributed by atoms with Gasteiger partial charge >= 0.3 is 0 Å². The molecule has 2 aromatic heterocycles. The standard InChI is InChI=1S/C18H18BrN5O4S/c1-22-4-6-23(7-5-22)29(27,28)13-9-16(19)18(21-10-13)15-11-20-17-3-2-12(24(25)26)8-14(15)17/h2-3,8-11,20H,4-7H2,1H3. The Labute approximate surface area is 175 Å². The smallest absolute Gasteiger partial charge is 0.270 e. The zero-order chi connectivity index (χ0) is 20.8. The highest BCUT2D eigenvalue weighted by Gasteiger charge is 2.28. The topological polar surface area (TPSA) is 112 Å². The molecule has 1 saturated heterocycles. The molecule has 152 valence electrons. The van der Waals surface area contributed by atoms with E-state index >= 15 is 0 Å². The maximum atomic E-state index is 12.9. The molecule has 9 nitrogen and oxygen atoms in total. The number of fused-ring (bicyclic) bond motifs is 1. The fraction of sp³-hybridized carbons (Fsp3) is 0.278. The molecule has 11 heteroatoms. The highest BCUT2D eigenvalue weighted by atomic mass is 79.9. The number of H-pyrrole nitrogens is 1. The summed E-state index contributed by atoms with van der Waals surface area (Å²) in [6.45, 7) is 2.23. The fourth-order valence-corrected chi connectivity index (χ4v) is 5.46. The molecule has 0 saturated carbocycles. The van der Waals surface area contributed by atoms with Crippen LogP contribution in [0, 0.1) is 10.1 Å². The van der Waals surface area contributed by atoms with Crippen LogP contribution < -0.4 is 0 Å². The molecule has 0 amide bonds. The van der Waals surface area contributed by atoms with E-state index in [4.69, 9.17) is 0 Å². The van der Waals surface area contributed by atoms with E-state index in [1.54, 1.807) is 12.3 Å². The van der Waals surface area contributed by atoms with E-state index in [1.807, 2.05) is 7.05 Å². The molecule has 0 unspecified atom stereocenters. The number of rotatable bonds is 4. The van der Waals surface area contributed by atoms with Gasteiger partial charge in [0.25, 0.3) is 5.69 Å². The summed E-state index contributed by atoms with van der Waals surface area (Å²) in [6, 6.07) is 6.07. The van der Waals surface area contributed by atoms with Crippen molar-refractivity contribution < 1.29 is 13.3 Å². The number of piperazine rings is 1. The van der Waals surface area contributed by atoms with Crippen molar-refractivity contribution in [3.05, 3.63) is 51.2 Å². The van der Waals surface area contributed by atoms with Crippen LogP contribution in [0.15, 0.2) is 46.0 Å². The molecule has 1 aliphatic rings. The van der Waals surface area contributed by atoms with Crippen LogP contribution in [0.5, 0.6) is 0 Å². The van der Waals surface area contributed by atoms with Crippen LogP contribution >= 0.6 is 15.9 Å². The highest BCUT2D eigenvalue weighted by molar-refractivity contribution is 9.10. The van der Waals surface area contributed by atoms with Crippen LogP contribution in [-0.2, 0) is 10.0 Å². The summed E-state index contributed by atoms with van der Waals surface area (Å²) in [7, 11) is -1.68. The molecule has 0 atom stereocenters. The number of hydrogen-bond acceptors (Lipinski definition) is 6. The Hall–Kier alpha value is -2.34. The van der Waals surface area contributed by atoms with Gasteiger partial charge in [0.2, 0.25) is 10.0 Å². The number of sulfonamides is 1. The van der Waals surface area contributed by atoms with E-state index in [-0.39, 0.29) is 10.6 Å². The van der Waals surface area contributed by atoms with E-state index in [1.165, 1.54) is 28.7 Å². The Balaban J connectivity index is 1.72. The first-order chi connectivity index (χ1) is 13.8. The largest absolute Gasteiger partial charge is 0.360 e. The second-order valence-corrected chi connectivity index (χ2v) is 9.69. The molecule has 0 aliphatic carbocycles. The van der Waals surface area contributed by atoms with Gasteiger partial charge in [-0.1, -0.05) is 0 Å². The summed E-state index contributed by atoms with van der Waals surface area (Å²) in [5.74, 6) is 0. The lowest BCUT2D eigenvalue weighted by atomic mass is 10.1. The first kappa shape index (κ1) is 20.0. The summed E-state index contributed by atoms with van der Waals surface area (Å²) < 4.78 is 27.8. The second-order valence-electron chi connectivity index (χ2n) is 6.90. The van der Waals surface area contributed by atoms with Crippen molar-refractivity contribution in [2.45, 2.75) is 4.90 Å². The van der Waals surface area contributed by atoms with Crippen LogP contribution in [0.1, 0.15) is 0 Å². The van der Waals surface area contributed by atoms with E-state index < -0.39 is 14.9 Å². The van der Waals surface area contributed by atoms with Gasteiger partial charge < -0.3 is 9.88 Å². The molecule has 29 heavy (non-hydrogen) atoms. The van der Waals surface area contributed by atoms with E-state index in [0.717, 1.165) is 5.52 Å². The van der Waals surface area contributed by atoms with Crippen molar-refractivity contribution >= 4 is 42.5 Å². The Morgan fingerprint density at radius 2 is 1.93 bits per heavy atom. The van der Waals surface area contributed by atoms with Crippen molar-refractivity contribution in [1.82, 2.24) is 19.2 Å². The average Bonchev–Trinajstić information content (AvgIpc) is 3.11. The maximum Gasteiger partial charge on any atom is 0.270 e. The molecule has 4 rings (SSSR count). The van der Waals surface area contributed by atoms with Gasteiger partial charge in [-0.05, 0) is 35.1 Å². The number of nitrogens with one attached hydrogen (secondary N) is 1. The van der Waals surface area contributed by atoms with E-state index in [2.05, 4.69) is 30.8 Å². The number of aromatic nitrogens is 2. The van der Waals surface area contributed by atoms with Gasteiger partial charge in [0.05, 0.1) is 10.6 Å². The SMILES string of the molecule is CN1CCN(S(=O)(=O)c2cnc(-c3c[nH]c4ccc([N+](=O)[O-])cc34)c(Br)c2)CC1. The summed E-state index contributed by atoms with van der Waals surface area (Å²) in [4.78, 5) is 20.3.